The number of anilines is 1. The molecule has 0 aliphatic carbocycles. The fraction of sp³-hybridized carbons (Fsp3) is 0.385. The zero-order chi connectivity index (χ0) is 15.1. The molecule has 0 saturated carbocycles. The van der Waals surface area contributed by atoms with E-state index in [1.165, 1.54) is 14.2 Å². The highest BCUT2D eigenvalue weighted by molar-refractivity contribution is 6.07. The minimum Gasteiger partial charge on any atom is -0.497 e. The summed E-state index contributed by atoms with van der Waals surface area (Å²) in [6.07, 6.45) is 0.419. The molecule has 7 nitrogen and oxygen atoms in total. The molecule has 0 heterocycles. The first-order valence-corrected chi connectivity index (χ1v) is 6.07. The molecule has 20 heavy (non-hydrogen) atoms. The molecule has 0 bridgehead atoms. The largest absolute Gasteiger partial charge is 0.497 e. The molecule has 1 amide bonds. The number of ether oxygens (including phenoxy) is 2. The first-order valence-electron chi connectivity index (χ1n) is 6.07. The van der Waals surface area contributed by atoms with Gasteiger partial charge in [-0.25, -0.2) is 0 Å². The summed E-state index contributed by atoms with van der Waals surface area (Å²) in [6, 6.07) is 5.00. The van der Waals surface area contributed by atoms with Gasteiger partial charge in [-0.3, -0.25) is 4.79 Å². The van der Waals surface area contributed by atoms with Crippen LogP contribution in [0.1, 0.15) is 13.3 Å². The lowest BCUT2D eigenvalue weighted by Crippen LogP contribution is -2.34. The maximum Gasteiger partial charge on any atom is 0.235 e. The molecule has 1 atom stereocenters. The first kappa shape index (κ1) is 15.6. The summed E-state index contributed by atoms with van der Waals surface area (Å²) in [4.78, 5) is 12.1. The van der Waals surface area contributed by atoms with Gasteiger partial charge in [-0.1, -0.05) is 12.1 Å². The van der Waals surface area contributed by atoms with Crippen molar-refractivity contribution in [2.45, 2.75) is 13.3 Å². The number of nitrogens with two attached hydrogens (primary N) is 1. The van der Waals surface area contributed by atoms with Gasteiger partial charge >= 0.3 is 0 Å². The molecule has 0 aliphatic rings. The number of nitrogens with one attached hydrogen (secondary N) is 1. The van der Waals surface area contributed by atoms with E-state index in [0.717, 1.165) is 0 Å². The fourth-order valence-corrected chi connectivity index (χ4v) is 1.71. The van der Waals surface area contributed by atoms with Gasteiger partial charge in [0.25, 0.3) is 0 Å². The van der Waals surface area contributed by atoms with Crippen LogP contribution in [0, 0.1) is 5.92 Å². The van der Waals surface area contributed by atoms with Crippen molar-refractivity contribution in [2.75, 3.05) is 19.5 Å². The molecule has 4 N–H and O–H groups in total. The SMILES string of the molecule is CCC(C(=O)Nc1cc(OC)cc(OC)c1)C(N)=NO. The summed E-state index contributed by atoms with van der Waals surface area (Å²) < 4.78 is 10.2. The second kappa shape index (κ2) is 7.22. The molecule has 1 aromatic rings. The van der Waals surface area contributed by atoms with Crippen molar-refractivity contribution in [1.82, 2.24) is 0 Å². The number of hydrogen-bond donors (Lipinski definition) is 3. The summed E-state index contributed by atoms with van der Waals surface area (Å²) in [7, 11) is 3.04. The van der Waals surface area contributed by atoms with E-state index in [9.17, 15) is 4.79 Å². The Morgan fingerprint density at radius 3 is 2.30 bits per heavy atom. The van der Waals surface area contributed by atoms with Gasteiger partial charge in [0.2, 0.25) is 5.91 Å². The van der Waals surface area contributed by atoms with Crippen LogP contribution in [0.25, 0.3) is 0 Å². The summed E-state index contributed by atoms with van der Waals surface area (Å²) in [5.74, 6) is -0.0804. The molecule has 7 heteroatoms. The number of oxime groups is 1. The number of hydrogen-bond acceptors (Lipinski definition) is 5. The lowest BCUT2D eigenvalue weighted by atomic mass is 10.0. The van der Waals surface area contributed by atoms with E-state index < -0.39 is 5.92 Å². The second-order valence-corrected chi connectivity index (χ2v) is 4.08. The third-order valence-corrected chi connectivity index (χ3v) is 2.82. The average Bonchev–Trinajstić information content (AvgIpc) is 2.47. The normalized spacial score (nSPS) is 12.7. The quantitative estimate of drug-likeness (QED) is 0.316. The van der Waals surface area contributed by atoms with Gasteiger partial charge in [0, 0.05) is 23.9 Å². The van der Waals surface area contributed by atoms with Gasteiger partial charge in [0.05, 0.1) is 20.1 Å². The number of carbonyl (C=O) groups is 1. The highest BCUT2D eigenvalue weighted by atomic mass is 16.5. The minimum atomic E-state index is -0.697. The van der Waals surface area contributed by atoms with Crippen molar-refractivity contribution in [1.29, 1.82) is 0 Å². The summed E-state index contributed by atoms with van der Waals surface area (Å²) >= 11 is 0. The van der Waals surface area contributed by atoms with Crippen molar-refractivity contribution >= 4 is 17.4 Å². The number of amidine groups is 1. The van der Waals surface area contributed by atoms with Crippen LogP contribution in [-0.4, -0.2) is 31.2 Å². The van der Waals surface area contributed by atoms with Crippen LogP contribution in [0.15, 0.2) is 23.4 Å². The Morgan fingerprint density at radius 1 is 1.35 bits per heavy atom. The van der Waals surface area contributed by atoms with Crippen molar-refractivity contribution in [3.05, 3.63) is 18.2 Å². The van der Waals surface area contributed by atoms with Gasteiger partial charge in [0.1, 0.15) is 11.5 Å². The predicted molar refractivity (Wildman–Crippen MR) is 75.4 cm³/mol. The Labute approximate surface area is 117 Å². The maximum absolute atomic E-state index is 12.1. The third kappa shape index (κ3) is 3.78. The van der Waals surface area contributed by atoms with Gasteiger partial charge < -0.3 is 25.7 Å². The number of rotatable bonds is 6. The number of carbonyl (C=O) groups excluding carboxylic acids is 1. The predicted octanol–water partition coefficient (Wildman–Crippen LogP) is 1.41. The van der Waals surface area contributed by atoms with Gasteiger partial charge in [-0.2, -0.15) is 0 Å². The zero-order valence-corrected chi connectivity index (χ0v) is 11.7. The van der Waals surface area contributed by atoms with Crippen molar-refractivity contribution in [3.8, 4) is 11.5 Å². The lowest BCUT2D eigenvalue weighted by Gasteiger charge is -2.14. The molecule has 1 rings (SSSR count). The van der Waals surface area contributed by atoms with Crippen molar-refractivity contribution in [3.63, 3.8) is 0 Å². The molecule has 0 spiro atoms. The van der Waals surface area contributed by atoms with Crippen LogP contribution in [0.2, 0.25) is 0 Å². The fourth-order valence-electron chi connectivity index (χ4n) is 1.71. The van der Waals surface area contributed by atoms with Crippen molar-refractivity contribution < 1.29 is 19.5 Å². The molecule has 0 fully saturated rings. The van der Waals surface area contributed by atoms with E-state index in [2.05, 4.69) is 10.5 Å². The molecule has 1 unspecified atom stereocenters. The third-order valence-electron chi connectivity index (χ3n) is 2.82. The van der Waals surface area contributed by atoms with Crippen LogP contribution in [0.5, 0.6) is 11.5 Å². The Kier molecular flexibility index (Phi) is 5.64. The zero-order valence-electron chi connectivity index (χ0n) is 11.7. The Balaban J connectivity index is 2.94. The smallest absolute Gasteiger partial charge is 0.235 e. The number of nitrogens with zero attached hydrogens (tertiary/aromatic N) is 1. The highest BCUT2D eigenvalue weighted by Crippen LogP contribution is 2.26. The van der Waals surface area contributed by atoms with Crippen LogP contribution < -0.4 is 20.5 Å². The maximum atomic E-state index is 12.1. The molecule has 0 aromatic heterocycles. The molecule has 0 saturated heterocycles. The Hall–Kier alpha value is -2.44. The minimum absolute atomic E-state index is 0.125. The van der Waals surface area contributed by atoms with Gasteiger partial charge in [-0.05, 0) is 6.42 Å². The molecule has 0 aliphatic heterocycles. The van der Waals surface area contributed by atoms with E-state index >= 15 is 0 Å². The summed E-state index contributed by atoms with van der Waals surface area (Å²) in [6.45, 7) is 1.77. The molecular formula is C13H19N3O4. The van der Waals surface area contributed by atoms with Crippen LogP contribution in [-0.2, 0) is 4.79 Å². The molecular weight excluding hydrogens is 262 g/mol. The van der Waals surface area contributed by atoms with E-state index in [1.54, 1.807) is 25.1 Å². The van der Waals surface area contributed by atoms with E-state index in [0.29, 0.717) is 23.6 Å². The molecule has 110 valence electrons. The summed E-state index contributed by atoms with van der Waals surface area (Å²) in [5.41, 5.74) is 5.99. The number of methoxy groups -OCH3 is 2. The number of amides is 1. The second-order valence-electron chi connectivity index (χ2n) is 4.08. The highest BCUT2D eigenvalue weighted by Gasteiger charge is 2.21. The number of benzene rings is 1. The topological polar surface area (TPSA) is 106 Å². The lowest BCUT2D eigenvalue weighted by molar-refractivity contribution is -0.118. The standard InChI is InChI=1S/C13H19N3O4/c1-4-11(12(14)16-18)13(17)15-8-5-9(19-2)7-10(6-8)20-3/h5-7,11,18H,4H2,1-3H3,(H2,14,16)(H,15,17). The van der Waals surface area contributed by atoms with E-state index in [4.69, 9.17) is 20.4 Å². The molecule has 0 radical (unpaired) electrons. The average molecular weight is 281 g/mol. The Morgan fingerprint density at radius 2 is 1.90 bits per heavy atom. The monoisotopic (exact) mass is 281 g/mol. The first-order chi connectivity index (χ1) is 9.55. The van der Waals surface area contributed by atoms with E-state index in [-0.39, 0.29) is 11.7 Å². The van der Waals surface area contributed by atoms with Gasteiger partial charge in [-0.15, -0.1) is 0 Å². The van der Waals surface area contributed by atoms with Gasteiger partial charge in [0.15, 0.2) is 5.84 Å². The molecule has 1 aromatic carbocycles. The van der Waals surface area contributed by atoms with Crippen LogP contribution >= 0.6 is 0 Å². The van der Waals surface area contributed by atoms with Crippen LogP contribution in [0.3, 0.4) is 0 Å². The van der Waals surface area contributed by atoms with Crippen molar-refractivity contribution in [2.24, 2.45) is 16.8 Å². The van der Waals surface area contributed by atoms with Crippen LogP contribution in [0.4, 0.5) is 5.69 Å². The van der Waals surface area contributed by atoms with E-state index in [1.807, 2.05) is 0 Å². The summed E-state index contributed by atoms with van der Waals surface area (Å²) in [5, 5.41) is 14.2. The Bertz CT molecular complexity index is 480.